The second-order valence-electron chi connectivity index (χ2n) is 21.8. The molecule has 3 amide bonds. The van der Waals surface area contributed by atoms with Crippen LogP contribution >= 0.6 is 0 Å². The molecule has 0 bridgehead atoms. The van der Waals surface area contributed by atoms with Crippen LogP contribution < -0.4 is 16.0 Å². The van der Waals surface area contributed by atoms with Crippen molar-refractivity contribution in [2.45, 2.75) is 242 Å². The Labute approximate surface area is 488 Å². The van der Waals surface area contributed by atoms with Gasteiger partial charge in [-0.3, -0.25) is 14.4 Å². The van der Waals surface area contributed by atoms with Gasteiger partial charge in [0.05, 0.1) is 45.7 Å². The fourth-order valence-corrected chi connectivity index (χ4v) is 11.0. The Hall–Kier alpha value is -2.87. The fourth-order valence-electron chi connectivity index (χ4n) is 11.0. The van der Waals surface area contributed by atoms with Gasteiger partial charge in [-0.1, -0.05) is 0 Å². The van der Waals surface area contributed by atoms with Crippen LogP contribution in [0, 0.1) is 0 Å². The third kappa shape index (κ3) is 15.4. The van der Waals surface area contributed by atoms with Crippen molar-refractivity contribution >= 4 is 17.7 Å². The van der Waals surface area contributed by atoms with Crippen LogP contribution in [0.5, 0.6) is 0 Å². The van der Waals surface area contributed by atoms with Crippen molar-refractivity contribution in [3.63, 3.8) is 0 Å². The Morgan fingerprint density at radius 2 is 0.698 bits per heavy atom. The van der Waals surface area contributed by atoms with Gasteiger partial charge in [0.15, 0.2) is 44.0 Å². The quantitative estimate of drug-likeness (QED) is 0.0507. The van der Waals surface area contributed by atoms with Gasteiger partial charge in [0.1, 0.15) is 165 Å². The minimum Gasteiger partial charge on any atom is -0.394 e. The molecule has 7 aliphatic rings. The minimum absolute atomic E-state index is 0.797. The first-order valence-electron chi connectivity index (χ1n) is 27.5. The van der Waals surface area contributed by atoms with Gasteiger partial charge in [-0.2, -0.15) is 0 Å². The predicted molar refractivity (Wildman–Crippen MR) is 265 cm³/mol. The third-order valence-electron chi connectivity index (χ3n) is 15.7. The van der Waals surface area contributed by atoms with Crippen LogP contribution in [0.15, 0.2) is 0 Å². The first-order chi connectivity index (χ1) is 40.6. The van der Waals surface area contributed by atoms with E-state index in [2.05, 4.69) is 16.0 Å². The highest BCUT2D eigenvalue weighted by Crippen LogP contribution is 2.38. The molecular weight excluding hydrogens is 1180 g/mol. The Morgan fingerprint density at radius 3 is 1.21 bits per heavy atom. The second kappa shape index (κ2) is 30.5. The van der Waals surface area contributed by atoms with Crippen molar-refractivity contribution in [1.29, 1.82) is 0 Å². The Kier molecular flexibility index (Phi) is 25.0. The van der Waals surface area contributed by atoms with Crippen LogP contribution in [-0.2, 0) is 76.0 Å². The van der Waals surface area contributed by atoms with Gasteiger partial charge in [0.2, 0.25) is 17.7 Å². The van der Waals surface area contributed by atoms with Gasteiger partial charge in [0, 0.05) is 20.8 Å². The average molecular weight is 1260 g/mol. The number of carbonyl (C=O) groups excluding carboxylic acids is 3. The van der Waals surface area contributed by atoms with Gasteiger partial charge in [-0.15, -0.1) is 0 Å². The van der Waals surface area contributed by atoms with Gasteiger partial charge >= 0.3 is 0 Å². The van der Waals surface area contributed by atoms with E-state index in [9.17, 15) is 111 Å². The lowest BCUT2D eigenvalue weighted by molar-refractivity contribution is -0.389. The zero-order chi connectivity index (χ0) is 63.5. The molecular formula is C48H81N3O35. The zero-order valence-electron chi connectivity index (χ0n) is 46.5. The first kappa shape index (κ1) is 70.6. The maximum absolute atomic E-state index is 13.1. The summed E-state index contributed by atoms with van der Waals surface area (Å²) >= 11 is 0. The summed E-state index contributed by atoms with van der Waals surface area (Å²) in [6, 6.07) is -5.28. The molecule has 7 saturated heterocycles. The third-order valence-corrected chi connectivity index (χ3v) is 15.7. The molecule has 7 aliphatic heterocycles. The average Bonchev–Trinajstić information content (AvgIpc) is 0.898. The van der Waals surface area contributed by atoms with Crippen molar-refractivity contribution < 1.29 is 173 Å². The molecule has 35 atom stereocenters. The molecule has 0 saturated carbocycles. The lowest BCUT2D eigenvalue weighted by Gasteiger charge is -2.51. The van der Waals surface area contributed by atoms with Crippen molar-refractivity contribution in [3.05, 3.63) is 0 Å². The lowest BCUT2D eigenvalue weighted by Crippen LogP contribution is -2.71. The number of ether oxygens (including phenoxy) is 13. The smallest absolute Gasteiger partial charge is 0.217 e. The summed E-state index contributed by atoms with van der Waals surface area (Å²) in [5, 5.41) is 213. The molecule has 7 heterocycles. The molecule has 38 heteroatoms. The highest BCUT2D eigenvalue weighted by molar-refractivity contribution is 5.74. The molecule has 7 fully saturated rings. The van der Waals surface area contributed by atoms with Gasteiger partial charge in [-0.25, -0.2) is 0 Å². The summed E-state index contributed by atoms with van der Waals surface area (Å²) < 4.78 is 75.9. The number of amides is 3. The van der Waals surface area contributed by atoms with Gasteiger partial charge in [0.25, 0.3) is 0 Å². The predicted octanol–water partition coefficient (Wildman–Crippen LogP) is -14.8. The lowest BCUT2D eigenvalue weighted by atomic mass is 9.93. The number of carbonyl (C=O) groups is 3. The SMILES string of the molecule is CC(=O)N[C@@H]1[C@@H](O[C@@H]2O[C@H](CO)[C@H](O)[C@H](O[C@@H]3O[C@H](CO)[C@@H](O[C@@H]4O[C@H](CO)[C@H](O)[C@H](O)[C@H]4O)[C@H](O[C@@H]4O[C@@H](C)[C@@H](O)[C@@H](O)[C@@H]4O)[C@H]3NC(C)=O)[C@H]2O)[C@@H](O)[C@@H](CO[C@@H]2O[C@H](CO)[C@@H](O[C@@H]3O[C@H](CO)[C@H](O)[C@H](O)[C@H]3O)[C@H](O)[C@H]2NC(C)=O)O[C@@H]1O. The van der Waals surface area contributed by atoms with Crippen LogP contribution in [0.25, 0.3) is 0 Å². The minimum atomic E-state index is -2.32. The van der Waals surface area contributed by atoms with Gasteiger partial charge < -0.3 is 175 Å². The van der Waals surface area contributed by atoms with E-state index in [0.717, 1.165) is 20.8 Å². The van der Waals surface area contributed by atoms with Crippen LogP contribution in [-0.4, -0.2) is 369 Å². The number of rotatable bonds is 21. The van der Waals surface area contributed by atoms with E-state index in [1.165, 1.54) is 6.92 Å². The van der Waals surface area contributed by atoms with E-state index in [1.54, 1.807) is 0 Å². The van der Waals surface area contributed by atoms with E-state index >= 15 is 0 Å². The van der Waals surface area contributed by atoms with E-state index < -0.39 is 272 Å². The molecule has 0 aromatic rings. The Morgan fingerprint density at radius 1 is 0.326 bits per heavy atom. The summed E-state index contributed by atoms with van der Waals surface area (Å²) in [6.07, 6.45) is -60.8. The maximum Gasteiger partial charge on any atom is 0.217 e. The highest BCUT2D eigenvalue weighted by Gasteiger charge is 2.59. The summed E-state index contributed by atoms with van der Waals surface area (Å²) in [5.74, 6) is -2.56. The molecule has 7 rings (SSSR count). The van der Waals surface area contributed by atoms with E-state index in [0.29, 0.717) is 0 Å². The monoisotopic (exact) mass is 1260 g/mol. The van der Waals surface area contributed by atoms with Crippen LogP contribution in [0.4, 0.5) is 0 Å². The summed E-state index contributed by atoms with van der Waals surface area (Å²) in [6.45, 7) is -1.52. The molecule has 86 heavy (non-hydrogen) atoms. The molecule has 498 valence electrons. The zero-order valence-corrected chi connectivity index (χ0v) is 46.5. The molecule has 22 N–H and O–H groups in total. The van der Waals surface area contributed by atoms with Crippen molar-refractivity contribution in [1.82, 2.24) is 16.0 Å². The summed E-state index contributed by atoms with van der Waals surface area (Å²) in [5.41, 5.74) is 0. The number of aliphatic hydroxyl groups excluding tert-OH is 19. The van der Waals surface area contributed by atoms with E-state index in [4.69, 9.17) is 61.6 Å². The standard InChI is InChI=1S/C48H81N3O35/c1-11-24(60)30(66)33(69)45(75-11)85-40-23(51-14(4)59)44(81-19(9-56)38(40)83-47-35(71)32(68)26(62)16(6-53)78-47)86-41-27(63)17(7-54)79-48(36(41)72)84-39-22(50-13(3)58)42(73)76-20(28(39)64)10-74-43-21(49-12(2)57)29(65)37(18(8-55)80-43)82-46-34(70)31(67)25(61)15(5-52)77-46/h11,15-48,52-56,60-73H,5-10H2,1-4H3,(H,49,57)(H,50,58)(H,51,59)/t11-,15+,16+,17+,18+,19+,20+,21+,22+,23+,24+,25-,26-,27-,28-,29+,30+,31-,32-,33-,34+,35+,36+,37+,38+,39+,40+,41-,42-,43+,44-,45-,46-,47-,48-/m0/s1. The van der Waals surface area contributed by atoms with Crippen molar-refractivity contribution in [2.24, 2.45) is 0 Å². The summed E-state index contributed by atoms with van der Waals surface area (Å²) in [7, 11) is 0. The molecule has 0 aromatic carbocycles. The molecule has 0 unspecified atom stereocenters. The largest absolute Gasteiger partial charge is 0.394 e. The molecule has 38 nitrogen and oxygen atoms in total. The number of hydrogen-bond donors (Lipinski definition) is 22. The second-order valence-corrected chi connectivity index (χ2v) is 21.8. The molecule has 0 radical (unpaired) electrons. The van der Waals surface area contributed by atoms with Crippen LogP contribution in [0.1, 0.15) is 27.7 Å². The van der Waals surface area contributed by atoms with Crippen LogP contribution in [0.2, 0.25) is 0 Å². The van der Waals surface area contributed by atoms with Gasteiger partial charge in [-0.05, 0) is 6.92 Å². The Balaban J connectivity index is 1.14. The number of nitrogens with one attached hydrogen (secondary N) is 3. The van der Waals surface area contributed by atoms with E-state index in [-0.39, 0.29) is 0 Å². The maximum atomic E-state index is 13.1. The van der Waals surface area contributed by atoms with Crippen molar-refractivity contribution in [2.75, 3.05) is 39.6 Å². The normalized spacial score (nSPS) is 49.4. The highest BCUT2D eigenvalue weighted by atomic mass is 16.8. The molecule has 0 aliphatic carbocycles. The molecule has 0 spiro atoms. The molecule has 0 aromatic heterocycles. The number of aliphatic hydroxyl groups is 19. The Bertz CT molecular complexity index is 2170. The fraction of sp³-hybridized carbons (Fsp3) is 0.938. The van der Waals surface area contributed by atoms with Crippen LogP contribution in [0.3, 0.4) is 0 Å². The van der Waals surface area contributed by atoms with E-state index in [1.807, 2.05) is 0 Å². The van der Waals surface area contributed by atoms with Crippen molar-refractivity contribution in [3.8, 4) is 0 Å². The topological polar surface area (TPSA) is 592 Å². The number of hydrogen-bond acceptors (Lipinski definition) is 35. The first-order valence-corrected chi connectivity index (χ1v) is 27.5. The summed E-state index contributed by atoms with van der Waals surface area (Å²) in [4.78, 5) is 38.2.